The van der Waals surface area contributed by atoms with Crippen LogP contribution in [0.15, 0.2) is 30.3 Å². The van der Waals surface area contributed by atoms with Crippen molar-refractivity contribution in [3.63, 3.8) is 0 Å². The van der Waals surface area contributed by atoms with Gasteiger partial charge in [-0.3, -0.25) is 19.3 Å². The molecule has 0 bridgehead atoms. The van der Waals surface area contributed by atoms with Crippen LogP contribution in [-0.4, -0.2) is 96.2 Å². The number of benzene rings is 1. The van der Waals surface area contributed by atoms with Gasteiger partial charge in [0.05, 0.1) is 6.54 Å². The van der Waals surface area contributed by atoms with E-state index in [1.165, 1.54) is 5.56 Å². The van der Waals surface area contributed by atoms with Crippen molar-refractivity contribution in [2.45, 2.75) is 46.0 Å². The highest BCUT2D eigenvalue weighted by atomic mass is 16.2. The zero-order chi connectivity index (χ0) is 23.6. The van der Waals surface area contributed by atoms with E-state index in [2.05, 4.69) is 17.0 Å². The number of likely N-dealkylation sites (tertiary alicyclic amines) is 1. The summed E-state index contributed by atoms with van der Waals surface area (Å²) in [7, 11) is 0. The van der Waals surface area contributed by atoms with E-state index in [1.54, 1.807) is 0 Å². The number of rotatable bonds is 8. The summed E-state index contributed by atoms with van der Waals surface area (Å²) in [4.78, 5) is 46.1. The van der Waals surface area contributed by atoms with Crippen molar-refractivity contribution in [2.24, 2.45) is 5.92 Å². The van der Waals surface area contributed by atoms with Crippen LogP contribution in [-0.2, 0) is 20.8 Å². The lowest BCUT2D eigenvalue weighted by Crippen LogP contribution is -2.45. The second-order valence-corrected chi connectivity index (χ2v) is 9.16. The van der Waals surface area contributed by atoms with E-state index in [0.717, 1.165) is 58.4 Å². The molecule has 0 N–H and O–H groups in total. The minimum atomic E-state index is 0.00651. The van der Waals surface area contributed by atoms with Crippen LogP contribution in [0.1, 0.15) is 45.1 Å². The van der Waals surface area contributed by atoms with Crippen LogP contribution >= 0.6 is 0 Å². The molecule has 3 amide bonds. The molecule has 182 valence electrons. The van der Waals surface area contributed by atoms with Crippen molar-refractivity contribution >= 4 is 17.7 Å². The first-order chi connectivity index (χ1) is 16.0. The molecule has 2 fully saturated rings. The molecule has 1 aromatic rings. The average Bonchev–Trinajstić information content (AvgIpc) is 3.09. The van der Waals surface area contributed by atoms with E-state index in [0.29, 0.717) is 32.6 Å². The second-order valence-electron chi connectivity index (χ2n) is 9.16. The van der Waals surface area contributed by atoms with Crippen LogP contribution in [0.5, 0.6) is 0 Å². The Hall–Kier alpha value is -2.41. The molecular formula is C26H40N4O3. The molecule has 33 heavy (non-hydrogen) atoms. The van der Waals surface area contributed by atoms with Crippen molar-refractivity contribution in [1.82, 2.24) is 19.6 Å². The summed E-state index contributed by atoms with van der Waals surface area (Å²) in [6.07, 6.45) is 3.68. The number of hydrogen-bond acceptors (Lipinski definition) is 4. The normalized spacial score (nSPS) is 18.1. The van der Waals surface area contributed by atoms with E-state index in [4.69, 9.17) is 0 Å². The fourth-order valence-corrected chi connectivity index (χ4v) is 4.91. The molecule has 7 nitrogen and oxygen atoms in total. The monoisotopic (exact) mass is 456 g/mol. The van der Waals surface area contributed by atoms with Crippen molar-refractivity contribution in [2.75, 3.05) is 58.9 Å². The number of likely N-dealkylation sites (N-methyl/N-ethyl adjacent to an activating group) is 1. The zero-order valence-corrected chi connectivity index (χ0v) is 20.4. The molecule has 0 radical (unpaired) electrons. The van der Waals surface area contributed by atoms with Crippen molar-refractivity contribution in [1.29, 1.82) is 0 Å². The van der Waals surface area contributed by atoms with E-state index in [-0.39, 0.29) is 23.6 Å². The van der Waals surface area contributed by atoms with Gasteiger partial charge in [-0.1, -0.05) is 30.3 Å². The number of aryl methyl sites for hydroxylation is 1. The maximum Gasteiger partial charge on any atom is 0.236 e. The predicted molar refractivity (Wildman–Crippen MR) is 130 cm³/mol. The second kappa shape index (κ2) is 12.7. The maximum atomic E-state index is 13.2. The summed E-state index contributed by atoms with van der Waals surface area (Å²) in [6.45, 7) is 10.3. The Kier molecular flexibility index (Phi) is 9.73. The number of piperidine rings is 1. The number of carbonyl (C=O) groups excluding carboxylic acids is 3. The Balaban J connectivity index is 1.41. The molecule has 1 aromatic carbocycles. The third kappa shape index (κ3) is 7.29. The molecule has 3 rings (SSSR count). The highest BCUT2D eigenvalue weighted by Gasteiger charge is 2.31. The molecular weight excluding hydrogens is 416 g/mol. The van der Waals surface area contributed by atoms with Crippen molar-refractivity contribution in [3.8, 4) is 0 Å². The predicted octanol–water partition coefficient (Wildman–Crippen LogP) is 2.26. The Labute approximate surface area is 198 Å². The number of nitrogens with zero attached hydrogens (tertiary/aromatic N) is 4. The van der Waals surface area contributed by atoms with Crippen LogP contribution in [0.25, 0.3) is 0 Å². The van der Waals surface area contributed by atoms with Gasteiger partial charge in [0.25, 0.3) is 0 Å². The van der Waals surface area contributed by atoms with Gasteiger partial charge in [-0.2, -0.15) is 0 Å². The molecule has 0 saturated carbocycles. The Morgan fingerprint density at radius 2 is 1.58 bits per heavy atom. The molecule has 7 heteroatoms. The fourth-order valence-electron chi connectivity index (χ4n) is 4.91. The molecule has 0 spiro atoms. The molecule has 2 aliphatic rings. The van der Waals surface area contributed by atoms with Crippen molar-refractivity contribution in [3.05, 3.63) is 35.9 Å². The molecule has 2 saturated heterocycles. The molecule has 0 atom stereocenters. The highest BCUT2D eigenvalue weighted by Crippen LogP contribution is 2.21. The fraction of sp³-hybridized carbons (Fsp3) is 0.654. The smallest absolute Gasteiger partial charge is 0.236 e. The van der Waals surface area contributed by atoms with Crippen molar-refractivity contribution < 1.29 is 14.4 Å². The van der Waals surface area contributed by atoms with Gasteiger partial charge in [0.1, 0.15) is 0 Å². The average molecular weight is 457 g/mol. The first-order valence-electron chi connectivity index (χ1n) is 12.6. The van der Waals surface area contributed by atoms with E-state index >= 15 is 0 Å². The van der Waals surface area contributed by atoms with Gasteiger partial charge in [0.2, 0.25) is 17.7 Å². The first kappa shape index (κ1) is 25.2. The van der Waals surface area contributed by atoms with Crippen LogP contribution in [0, 0.1) is 5.92 Å². The first-order valence-corrected chi connectivity index (χ1v) is 12.6. The summed E-state index contributed by atoms with van der Waals surface area (Å²) in [6, 6.07) is 10.1. The topological polar surface area (TPSA) is 64.2 Å². The van der Waals surface area contributed by atoms with Crippen LogP contribution in [0.3, 0.4) is 0 Å². The molecule has 2 aliphatic heterocycles. The number of amides is 3. The molecule has 2 heterocycles. The molecule has 0 aliphatic carbocycles. The summed E-state index contributed by atoms with van der Waals surface area (Å²) in [5.74, 6) is 0.590. The zero-order valence-electron chi connectivity index (χ0n) is 20.4. The van der Waals surface area contributed by atoms with Gasteiger partial charge in [0.15, 0.2) is 0 Å². The standard InChI is InChI=1S/C26H40N4O3/c1-3-28(4-2)25(32)21-27-15-8-16-30(20-19-27)26(33)23-13-17-29(18-14-23)24(31)12-11-22-9-6-5-7-10-22/h5-7,9-10,23H,3-4,8,11-21H2,1-2H3. The van der Waals surface area contributed by atoms with Gasteiger partial charge in [-0.05, 0) is 45.1 Å². The Bertz CT molecular complexity index is 773. The van der Waals surface area contributed by atoms with Crippen LogP contribution in [0.2, 0.25) is 0 Å². The number of hydrogen-bond donors (Lipinski definition) is 0. The molecule has 0 unspecified atom stereocenters. The van der Waals surface area contributed by atoms with E-state index < -0.39 is 0 Å². The lowest BCUT2D eigenvalue weighted by atomic mass is 9.94. The largest absolute Gasteiger partial charge is 0.343 e. The third-order valence-electron chi connectivity index (χ3n) is 7.04. The van der Waals surface area contributed by atoms with Gasteiger partial charge in [-0.15, -0.1) is 0 Å². The maximum absolute atomic E-state index is 13.2. The lowest BCUT2D eigenvalue weighted by molar-refractivity contribution is -0.140. The minimum Gasteiger partial charge on any atom is -0.343 e. The van der Waals surface area contributed by atoms with Gasteiger partial charge in [-0.25, -0.2) is 0 Å². The van der Waals surface area contributed by atoms with Crippen LogP contribution < -0.4 is 0 Å². The quantitative estimate of drug-likeness (QED) is 0.602. The van der Waals surface area contributed by atoms with Crippen LogP contribution in [0.4, 0.5) is 0 Å². The van der Waals surface area contributed by atoms with Gasteiger partial charge >= 0.3 is 0 Å². The summed E-state index contributed by atoms with van der Waals surface area (Å²) in [5.41, 5.74) is 1.19. The van der Waals surface area contributed by atoms with E-state index in [9.17, 15) is 14.4 Å². The summed E-state index contributed by atoms with van der Waals surface area (Å²) < 4.78 is 0. The molecule has 0 aromatic heterocycles. The third-order valence-corrected chi connectivity index (χ3v) is 7.04. The highest BCUT2D eigenvalue weighted by molar-refractivity contribution is 5.80. The van der Waals surface area contributed by atoms with Gasteiger partial charge in [0, 0.05) is 64.7 Å². The van der Waals surface area contributed by atoms with E-state index in [1.807, 2.05) is 46.7 Å². The summed E-state index contributed by atoms with van der Waals surface area (Å²) >= 11 is 0. The SMILES string of the molecule is CCN(CC)C(=O)CN1CCCN(C(=O)C2CCN(C(=O)CCc3ccccc3)CC2)CC1. The van der Waals surface area contributed by atoms with Gasteiger partial charge < -0.3 is 14.7 Å². The number of carbonyl (C=O) groups is 3. The minimum absolute atomic E-state index is 0.00651. The lowest BCUT2D eigenvalue weighted by Gasteiger charge is -2.34. The summed E-state index contributed by atoms with van der Waals surface area (Å²) in [5, 5.41) is 0. The Morgan fingerprint density at radius 3 is 2.24 bits per heavy atom. The Morgan fingerprint density at radius 1 is 0.879 bits per heavy atom.